The molecule has 0 spiro atoms. The standard InChI is InChI=1S/C18H23ClFN/c1-11(21-17-7-15(20)2-3-16(17)19)18-8-12-4-13(9-18)6-14(5-12)10-18/h2-3,7,11-14,21H,4-6,8-10H2,1H3. The monoisotopic (exact) mass is 307 g/mol. The molecule has 4 bridgehead atoms. The number of hydrogen-bond acceptors (Lipinski definition) is 1. The molecule has 4 aliphatic rings. The van der Waals surface area contributed by atoms with E-state index in [0.29, 0.717) is 16.5 Å². The van der Waals surface area contributed by atoms with Crippen LogP contribution in [-0.4, -0.2) is 6.04 Å². The first kappa shape index (κ1) is 13.9. The third-order valence-electron chi connectivity index (χ3n) is 6.30. The number of hydrogen-bond donors (Lipinski definition) is 1. The fourth-order valence-corrected chi connectivity index (χ4v) is 5.87. The van der Waals surface area contributed by atoms with E-state index in [-0.39, 0.29) is 5.82 Å². The zero-order valence-corrected chi connectivity index (χ0v) is 13.3. The Kier molecular flexibility index (Phi) is 3.22. The molecule has 0 heterocycles. The Labute approximate surface area is 131 Å². The fraction of sp³-hybridized carbons (Fsp3) is 0.667. The van der Waals surface area contributed by atoms with Crippen LogP contribution in [0.5, 0.6) is 0 Å². The summed E-state index contributed by atoms with van der Waals surface area (Å²) in [6.07, 6.45) is 8.40. The number of halogens is 2. The Bertz CT molecular complexity index is 521. The highest BCUT2D eigenvalue weighted by molar-refractivity contribution is 6.33. The maximum atomic E-state index is 13.5. The van der Waals surface area contributed by atoms with Crippen molar-refractivity contribution >= 4 is 17.3 Å². The lowest BCUT2D eigenvalue weighted by molar-refractivity contribution is -0.0602. The van der Waals surface area contributed by atoms with Crippen LogP contribution in [0.4, 0.5) is 10.1 Å². The van der Waals surface area contributed by atoms with Crippen LogP contribution in [-0.2, 0) is 0 Å². The summed E-state index contributed by atoms with van der Waals surface area (Å²) in [5.41, 5.74) is 1.16. The van der Waals surface area contributed by atoms with E-state index in [2.05, 4.69) is 12.2 Å². The molecule has 1 aromatic carbocycles. The van der Waals surface area contributed by atoms with Gasteiger partial charge in [0.25, 0.3) is 0 Å². The van der Waals surface area contributed by atoms with Gasteiger partial charge in [0.15, 0.2) is 0 Å². The predicted octanol–water partition coefficient (Wildman–Crippen LogP) is 5.50. The third kappa shape index (κ3) is 2.36. The van der Waals surface area contributed by atoms with Gasteiger partial charge in [-0.05, 0) is 86.8 Å². The topological polar surface area (TPSA) is 12.0 Å². The molecule has 0 radical (unpaired) electrons. The molecule has 5 rings (SSSR count). The van der Waals surface area contributed by atoms with Gasteiger partial charge in [-0.3, -0.25) is 0 Å². The summed E-state index contributed by atoms with van der Waals surface area (Å²) in [5, 5.41) is 4.15. The van der Waals surface area contributed by atoms with Crippen molar-refractivity contribution in [2.75, 3.05) is 5.32 Å². The molecule has 4 aliphatic carbocycles. The molecule has 4 fully saturated rings. The molecule has 114 valence electrons. The van der Waals surface area contributed by atoms with Crippen LogP contribution in [0.1, 0.15) is 45.4 Å². The summed E-state index contributed by atoms with van der Waals surface area (Å²) >= 11 is 6.22. The average Bonchev–Trinajstić information content (AvgIpc) is 2.41. The van der Waals surface area contributed by atoms with E-state index in [1.54, 1.807) is 6.07 Å². The third-order valence-corrected chi connectivity index (χ3v) is 6.63. The van der Waals surface area contributed by atoms with Crippen molar-refractivity contribution in [3.8, 4) is 0 Å². The molecule has 0 aliphatic heterocycles. The Morgan fingerprint density at radius 1 is 1.14 bits per heavy atom. The first-order valence-electron chi connectivity index (χ1n) is 8.26. The van der Waals surface area contributed by atoms with E-state index >= 15 is 0 Å². The Morgan fingerprint density at radius 3 is 2.29 bits per heavy atom. The van der Waals surface area contributed by atoms with Crippen LogP contribution in [0.3, 0.4) is 0 Å². The molecule has 1 N–H and O–H groups in total. The zero-order chi connectivity index (χ0) is 14.6. The maximum absolute atomic E-state index is 13.5. The average molecular weight is 308 g/mol. The van der Waals surface area contributed by atoms with E-state index in [4.69, 9.17) is 11.6 Å². The van der Waals surface area contributed by atoms with Crippen LogP contribution >= 0.6 is 11.6 Å². The second-order valence-electron chi connectivity index (χ2n) is 7.77. The normalized spacial score (nSPS) is 38.5. The Morgan fingerprint density at radius 2 is 1.71 bits per heavy atom. The summed E-state index contributed by atoms with van der Waals surface area (Å²) in [7, 11) is 0. The van der Waals surface area contributed by atoms with E-state index in [9.17, 15) is 4.39 Å². The minimum atomic E-state index is -0.223. The summed E-state index contributed by atoms with van der Waals surface area (Å²) in [4.78, 5) is 0. The minimum Gasteiger partial charge on any atom is -0.381 e. The SMILES string of the molecule is CC(Nc1cc(F)ccc1Cl)C12CC3CC(CC(C3)C1)C2. The van der Waals surface area contributed by atoms with Gasteiger partial charge in [0.1, 0.15) is 5.82 Å². The molecule has 1 nitrogen and oxygen atoms in total. The van der Waals surface area contributed by atoms with Crippen LogP contribution in [0, 0.1) is 29.0 Å². The number of anilines is 1. The first-order chi connectivity index (χ1) is 10.0. The zero-order valence-electron chi connectivity index (χ0n) is 12.5. The quantitative estimate of drug-likeness (QED) is 0.778. The molecule has 1 atom stereocenters. The highest BCUT2D eigenvalue weighted by atomic mass is 35.5. The minimum absolute atomic E-state index is 0.223. The summed E-state index contributed by atoms with van der Waals surface area (Å²) in [6.45, 7) is 2.27. The van der Waals surface area contributed by atoms with Crippen molar-refractivity contribution < 1.29 is 4.39 Å². The van der Waals surface area contributed by atoms with Crippen molar-refractivity contribution in [1.29, 1.82) is 0 Å². The van der Waals surface area contributed by atoms with Gasteiger partial charge in [-0.15, -0.1) is 0 Å². The van der Waals surface area contributed by atoms with Gasteiger partial charge in [-0.25, -0.2) is 4.39 Å². The van der Waals surface area contributed by atoms with E-state index in [1.165, 1.54) is 50.7 Å². The molecule has 21 heavy (non-hydrogen) atoms. The maximum Gasteiger partial charge on any atom is 0.125 e. The van der Waals surface area contributed by atoms with E-state index in [0.717, 1.165) is 23.4 Å². The molecular weight excluding hydrogens is 285 g/mol. The second-order valence-corrected chi connectivity index (χ2v) is 8.18. The highest BCUT2D eigenvalue weighted by Gasteiger charge is 2.53. The lowest BCUT2D eigenvalue weighted by Crippen LogP contribution is -2.52. The summed E-state index contributed by atoms with van der Waals surface area (Å²) in [6, 6.07) is 4.96. The van der Waals surface area contributed by atoms with Crippen molar-refractivity contribution in [1.82, 2.24) is 0 Å². The molecule has 0 aromatic heterocycles. The molecule has 4 saturated carbocycles. The largest absolute Gasteiger partial charge is 0.381 e. The van der Waals surface area contributed by atoms with Crippen molar-refractivity contribution in [2.45, 2.75) is 51.5 Å². The molecule has 0 amide bonds. The van der Waals surface area contributed by atoms with Gasteiger partial charge in [-0.2, -0.15) is 0 Å². The van der Waals surface area contributed by atoms with Gasteiger partial charge in [0.05, 0.1) is 10.7 Å². The van der Waals surface area contributed by atoms with Gasteiger partial charge in [-0.1, -0.05) is 11.6 Å². The molecule has 3 heteroatoms. The number of rotatable bonds is 3. The van der Waals surface area contributed by atoms with Gasteiger partial charge >= 0.3 is 0 Å². The van der Waals surface area contributed by atoms with Gasteiger partial charge in [0, 0.05) is 6.04 Å². The van der Waals surface area contributed by atoms with Crippen LogP contribution in [0.15, 0.2) is 18.2 Å². The lowest BCUT2D eigenvalue weighted by atomic mass is 9.48. The van der Waals surface area contributed by atoms with Crippen LogP contribution in [0.25, 0.3) is 0 Å². The van der Waals surface area contributed by atoms with Gasteiger partial charge in [0.2, 0.25) is 0 Å². The summed E-state index contributed by atoms with van der Waals surface area (Å²) < 4.78 is 13.5. The van der Waals surface area contributed by atoms with E-state index < -0.39 is 0 Å². The van der Waals surface area contributed by atoms with Crippen molar-refractivity contribution in [3.63, 3.8) is 0 Å². The molecule has 1 unspecified atom stereocenters. The lowest BCUT2D eigenvalue weighted by Gasteiger charge is -2.59. The number of benzene rings is 1. The molecular formula is C18H23ClFN. The predicted molar refractivity (Wildman–Crippen MR) is 85.1 cm³/mol. The fourth-order valence-electron chi connectivity index (χ4n) is 5.70. The smallest absolute Gasteiger partial charge is 0.125 e. The first-order valence-corrected chi connectivity index (χ1v) is 8.63. The molecule has 0 saturated heterocycles. The van der Waals surface area contributed by atoms with Crippen molar-refractivity contribution in [3.05, 3.63) is 29.0 Å². The highest BCUT2D eigenvalue weighted by Crippen LogP contribution is 2.61. The van der Waals surface area contributed by atoms with Crippen LogP contribution < -0.4 is 5.32 Å². The second kappa shape index (κ2) is 4.87. The summed E-state index contributed by atoms with van der Waals surface area (Å²) in [5.74, 6) is 2.58. The van der Waals surface area contributed by atoms with Gasteiger partial charge < -0.3 is 5.32 Å². The Balaban J connectivity index is 1.57. The molecule has 1 aromatic rings. The number of nitrogens with one attached hydrogen (secondary N) is 1. The van der Waals surface area contributed by atoms with Crippen LogP contribution in [0.2, 0.25) is 5.02 Å². The van der Waals surface area contributed by atoms with Crippen molar-refractivity contribution in [2.24, 2.45) is 23.2 Å². The van der Waals surface area contributed by atoms with E-state index in [1.807, 2.05) is 0 Å². The Hall–Kier alpha value is -0.760.